The van der Waals surface area contributed by atoms with Crippen molar-refractivity contribution in [2.45, 2.75) is 26.8 Å². The van der Waals surface area contributed by atoms with Crippen LogP contribution in [0.15, 0.2) is 95.8 Å². The van der Waals surface area contributed by atoms with Crippen LogP contribution in [-0.2, 0) is 17.8 Å². The highest BCUT2D eigenvalue weighted by Gasteiger charge is 2.29. The van der Waals surface area contributed by atoms with Crippen LogP contribution in [0.3, 0.4) is 0 Å². The Bertz CT molecular complexity index is 1380. The number of carboxylic acid groups (broad SMARTS) is 1. The summed E-state index contributed by atoms with van der Waals surface area (Å²) in [5, 5.41) is 13.3. The Balaban J connectivity index is 0.000000672. The number of aliphatic carboxylic acids is 1. The maximum absolute atomic E-state index is 8.89. The number of rotatable bonds is 5. The monoisotopic (exact) mass is 465 g/mol. The second kappa shape index (κ2) is 10.6. The van der Waals surface area contributed by atoms with Gasteiger partial charge in [-0.25, -0.2) is 4.68 Å². The van der Waals surface area contributed by atoms with Crippen molar-refractivity contribution in [3.63, 3.8) is 0 Å². The normalized spacial score (nSPS) is 12.4. The topological polar surface area (TPSA) is 100 Å². The van der Waals surface area contributed by atoms with E-state index in [0.717, 1.165) is 30.2 Å². The van der Waals surface area contributed by atoms with Gasteiger partial charge in [0.1, 0.15) is 11.5 Å². The zero-order chi connectivity index (χ0) is 24.8. The lowest BCUT2D eigenvalue weighted by atomic mass is 10.1. The Hall–Kier alpha value is -4.52. The van der Waals surface area contributed by atoms with E-state index in [-0.39, 0.29) is 0 Å². The molecule has 1 aliphatic heterocycles. The number of aliphatic imine (C=N–C) groups is 1. The average Bonchev–Trinajstić information content (AvgIpc) is 3.39. The van der Waals surface area contributed by atoms with Gasteiger partial charge < -0.3 is 15.6 Å². The number of benzene rings is 2. The first-order valence-corrected chi connectivity index (χ1v) is 11.3. The number of allylic oxidation sites excluding steroid dienone is 1. The zero-order valence-corrected chi connectivity index (χ0v) is 19.8. The van der Waals surface area contributed by atoms with Crippen LogP contribution in [0.4, 0.5) is 11.5 Å². The summed E-state index contributed by atoms with van der Waals surface area (Å²) in [5.41, 5.74) is 14.2. The van der Waals surface area contributed by atoms with Gasteiger partial charge in [0.15, 0.2) is 11.9 Å². The van der Waals surface area contributed by atoms with Crippen molar-refractivity contribution in [1.82, 2.24) is 9.78 Å². The predicted octanol–water partition coefficient (Wildman–Crippen LogP) is 3.08. The number of carboxylic acids is 1. The third-order valence-electron chi connectivity index (χ3n) is 5.58. The summed E-state index contributed by atoms with van der Waals surface area (Å²) in [4.78, 5) is 13.6. The molecule has 0 aliphatic carbocycles. The average molecular weight is 466 g/mol. The van der Waals surface area contributed by atoms with Gasteiger partial charge in [-0.3, -0.25) is 4.99 Å². The molecule has 1 aliphatic rings. The SMILES string of the molecule is CC(=O)[O-].Cc1ccc(Cn2ncc(/N=C/C3=C(c4ccccc4)[n+]4ccccc4C3)c2N)cc1. The highest BCUT2D eigenvalue weighted by molar-refractivity contribution is 5.92. The third-order valence-corrected chi connectivity index (χ3v) is 5.58. The molecule has 0 saturated carbocycles. The van der Waals surface area contributed by atoms with E-state index in [2.05, 4.69) is 89.5 Å². The van der Waals surface area contributed by atoms with Crippen LogP contribution >= 0.6 is 0 Å². The molecule has 0 atom stereocenters. The lowest BCUT2D eigenvalue weighted by Gasteiger charge is -2.05. The summed E-state index contributed by atoms with van der Waals surface area (Å²) in [7, 11) is 0. The zero-order valence-electron chi connectivity index (χ0n) is 19.8. The maximum atomic E-state index is 8.89. The first kappa shape index (κ1) is 23.6. The van der Waals surface area contributed by atoms with Gasteiger partial charge in [0, 0.05) is 29.9 Å². The fourth-order valence-corrected chi connectivity index (χ4v) is 3.93. The molecule has 0 radical (unpaired) electrons. The second-order valence-corrected chi connectivity index (χ2v) is 8.29. The van der Waals surface area contributed by atoms with Gasteiger partial charge in [-0.15, -0.1) is 0 Å². The maximum Gasteiger partial charge on any atom is 0.223 e. The van der Waals surface area contributed by atoms with Gasteiger partial charge in [-0.2, -0.15) is 9.67 Å². The van der Waals surface area contributed by atoms with Crippen molar-refractivity contribution < 1.29 is 14.5 Å². The molecule has 3 heterocycles. The highest BCUT2D eigenvalue weighted by Crippen LogP contribution is 2.26. The van der Waals surface area contributed by atoms with E-state index in [0.29, 0.717) is 18.1 Å². The molecule has 0 bridgehead atoms. The van der Waals surface area contributed by atoms with E-state index < -0.39 is 5.97 Å². The summed E-state index contributed by atoms with van der Waals surface area (Å²) in [6.45, 7) is 3.68. The van der Waals surface area contributed by atoms with Crippen molar-refractivity contribution in [3.8, 4) is 0 Å². The van der Waals surface area contributed by atoms with Crippen molar-refractivity contribution in [2.75, 3.05) is 5.73 Å². The number of hydrogen-bond donors (Lipinski definition) is 1. The molecule has 0 unspecified atom stereocenters. The van der Waals surface area contributed by atoms with Crippen LogP contribution in [-0.4, -0.2) is 22.0 Å². The molecular formula is C28H27N5O2. The van der Waals surface area contributed by atoms with Crippen molar-refractivity contribution >= 4 is 29.4 Å². The Labute approximate surface area is 204 Å². The van der Waals surface area contributed by atoms with Crippen LogP contribution in [0.2, 0.25) is 0 Å². The summed E-state index contributed by atoms with van der Waals surface area (Å²) >= 11 is 0. The largest absolute Gasteiger partial charge is 0.550 e. The molecule has 0 saturated heterocycles. The molecule has 2 N–H and O–H groups in total. The van der Waals surface area contributed by atoms with Crippen LogP contribution in [0, 0.1) is 6.92 Å². The molecule has 7 nitrogen and oxygen atoms in total. The van der Waals surface area contributed by atoms with Crippen molar-refractivity contribution in [2.24, 2.45) is 4.99 Å². The molecule has 176 valence electrons. The summed E-state index contributed by atoms with van der Waals surface area (Å²) in [6, 6.07) is 25.1. The van der Waals surface area contributed by atoms with Gasteiger partial charge in [-0.05, 0) is 31.5 Å². The molecule has 5 rings (SSSR count). The molecule has 0 amide bonds. The summed E-state index contributed by atoms with van der Waals surface area (Å²) in [5.74, 6) is -0.512. The van der Waals surface area contributed by atoms with Gasteiger partial charge in [0.25, 0.3) is 0 Å². The van der Waals surface area contributed by atoms with E-state index in [1.807, 2.05) is 12.3 Å². The number of fused-ring (bicyclic) bond motifs is 1. The minimum atomic E-state index is -1.08. The number of pyridine rings is 1. The van der Waals surface area contributed by atoms with Crippen LogP contribution < -0.4 is 15.4 Å². The lowest BCUT2D eigenvalue weighted by molar-refractivity contribution is -0.582. The molecule has 4 aromatic rings. The van der Waals surface area contributed by atoms with Crippen LogP contribution in [0.25, 0.3) is 5.70 Å². The van der Waals surface area contributed by atoms with Gasteiger partial charge in [0.2, 0.25) is 5.70 Å². The van der Waals surface area contributed by atoms with Gasteiger partial charge in [0.05, 0.1) is 24.7 Å². The lowest BCUT2D eigenvalue weighted by Crippen LogP contribution is -2.33. The smallest absolute Gasteiger partial charge is 0.223 e. The fraction of sp³-hybridized carbons (Fsp3) is 0.143. The standard InChI is InChI=1S/C26H24N5.C2H4O2/c1-19-10-12-20(13-11-19)18-31-26(27)24(17-29-31)28-16-22-15-23-9-5-6-14-30(23)25(22)21-7-3-2-4-8-21;1-2(3)4/h2-14,16-17H,15,18,27H2,1H3;1H3,(H,3,4)/q+1;/p-1/b28-16+;. The Morgan fingerprint density at radius 1 is 1.11 bits per heavy atom. The number of nitrogens with zero attached hydrogens (tertiary/aromatic N) is 4. The summed E-state index contributed by atoms with van der Waals surface area (Å²) in [6.07, 6.45) is 6.59. The molecule has 7 heteroatoms. The molecule has 35 heavy (non-hydrogen) atoms. The molecule has 0 spiro atoms. The van der Waals surface area contributed by atoms with E-state index in [9.17, 15) is 0 Å². The van der Waals surface area contributed by atoms with E-state index in [4.69, 9.17) is 20.6 Å². The number of aromatic nitrogens is 3. The van der Waals surface area contributed by atoms with E-state index in [1.54, 1.807) is 10.9 Å². The number of hydrogen-bond acceptors (Lipinski definition) is 5. The quantitative estimate of drug-likeness (QED) is 0.362. The van der Waals surface area contributed by atoms with Gasteiger partial charge in [-0.1, -0.05) is 54.1 Å². The molecule has 0 fully saturated rings. The molecule has 2 aromatic heterocycles. The number of nitrogens with two attached hydrogens (primary N) is 1. The Morgan fingerprint density at radius 2 is 1.80 bits per heavy atom. The number of anilines is 1. The van der Waals surface area contributed by atoms with Crippen molar-refractivity contribution in [3.05, 3.63) is 113 Å². The van der Waals surface area contributed by atoms with Gasteiger partial charge >= 0.3 is 0 Å². The third kappa shape index (κ3) is 5.70. The van der Waals surface area contributed by atoms with E-state index in [1.165, 1.54) is 16.8 Å². The minimum Gasteiger partial charge on any atom is -0.550 e. The Morgan fingerprint density at radius 3 is 2.51 bits per heavy atom. The van der Waals surface area contributed by atoms with E-state index >= 15 is 0 Å². The first-order valence-electron chi connectivity index (χ1n) is 11.3. The Kier molecular flexibility index (Phi) is 7.16. The van der Waals surface area contributed by atoms with Crippen molar-refractivity contribution in [1.29, 1.82) is 0 Å². The fourth-order valence-electron chi connectivity index (χ4n) is 3.93. The predicted molar refractivity (Wildman–Crippen MR) is 135 cm³/mol. The number of aryl methyl sites for hydroxylation is 1. The summed E-state index contributed by atoms with van der Waals surface area (Å²) < 4.78 is 4.03. The second-order valence-electron chi connectivity index (χ2n) is 8.29. The minimum absolute atomic E-state index is 0.571. The first-order chi connectivity index (χ1) is 16.9. The molecule has 2 aromatic carbocycles. The molecular weight excluding hydrogens is 438 g/mol. The van der Waals surface area contributed by atoms with Crippen LogP contribution in [0.1, 0.15) is 29.3 Å². The van der Waals surface area contributed by atoms with Crippen LogP contribution in [0.5, 0.6) is 0 Å². The number of carbonyl (C=O) groups excluding carboxylic acids is 1. The number of carbonyl (C=O) groups is 1. The highest BCUT2D eigenvalue weighted by atomic mass is 16.4. The number of nitrogen functional groups attached to an aromatic ring is 1.